The number of benzene rings is 2. The maximum Gasteiger partial charge on any atom is 0.265 e. The highest BCUT2D eigenvalue weighted by atomic mass is 16.5. The molecule has 5 N–H and O–H groups in total. The first kappa shape index (κ1) is 26.1. The first-order valence-electron chi connectivity index (χ1n) is 11.8. The average Bonchev–Trinajstić information content (AvgIpc) is 3.45. The van der Waals surface area contributed by atoms with Gasteiger partial charge in [-0.15, -0.1) is 0 Å². The standard InChI is InChI=1S/C26H20N6O3.C2H7N/c27-31-26(34)21-12-24(30-23-9-10-28-14-22(21)23)18-5-1-16(2-6-18)17-3-7-19(8-4-17)25-11-20(35-32-25)13-29-15-33;1-3-2/h1-12,14-15H,13,27H2,(H,29,33)(H,31,34);3H,1-2H3. The van der Waals surface area contributed by atoms with Gasteiger partial charge >= 0.3 is 0 Å². The van der Waals surface area contributed by atoms with Crippen molar-refractivity contribution in [3.8, 4) is 33.6 Å². The molecular formula is C28H27N7O3. The molecule has 0 aliphatic heterocycles. The zero-order valence-corrected chi connectivity index (χ0v) is 20.9. The van der Waals surface area contributed by atoms with E-state index in [9.17, 15) is 9.59 Å². The number of hydrazine groups is 1. The third-order valence-electron chi connectivity index (χ3n) is 5.60. The Labute approximate surface area is 219 Å². The Morgan fingerprint density at radius 1 is 0.921 bits per heavy atom. The van der Waals surface area contributed by atoms with Crippen LogP contribution in [0.2, 0.25) is 0 Å². The summed E-state index contributed by atoms with van der Waals surface area (Å²) >= 11 is 0. The van der Waals surface area contributed by atoms with Crippen molar-refractivity contribution in [2.75, 3.05) is 14.1 Å². The molecule has 0 saturated heterocycles. The molecule has 0 aliphatic rings. The van der Waals surface area contributed by atoms with Crippen LogP contribution in [0.1, 0.15) is 16.1 Å². The highest BCUT2D eigenvalue weighted by molar-refractivity contribution is 6.06. The molecule has 0 aliphatic carbocycles. The molecule has 0 fully saturated rings. The van der Waals surface area contributed by atoms with Crippen molar-refractivity contribution >= 4 is 23.2 Å². The predicted octanol–water partition coefficient (Wildman–Crippen LogP) is 3.30. The lowest BCUT2D eigenvalue weighted by atomic mass is 9.99. The van der Waals surface area contributed by atoms with E-state index < -0.39 is 5.91 Å². The number of fused-ring (bicyclic) bond motifs is 1. The molecule has 0 spiro atoms. The van der Waals surface area contributed by atoms with Gasteiger partial charge in [0, 0.05) is 35.0 Å². The Balaban J connectivity index is 0.00000107. The van der Waals surface area contributed by atoms with Gasteiger partial charge in [0.25, 0.3) is 5.91 Å². The molecule has 0 saturated carbocycles. The van der Waals surface area contributed by atoms with E-state index >= 15 is 0 Å². The summed E-state index contributed by atoms with van der Waals surface area (Å²) in [5.41, 5.74) is 8.47. The van der Waals surface area contributed by atoms with E-state index in [4.69, 9.17) is 15.3 Å². The first-order chi connectivity index (χ1) is 18.6. The summed E-state index contributed by atoms with van der Waals surface area (Å²) in [6, 6.07) is 21.2. The number of carbonyl (C=O) groups excluding carboxylic acids is 2. The van der Waals surface area contributed by atoms with E-state index in [2.05, 4.69) is 26.2 Å². The first-order valence-corrected chi connectivity index (χ1v) is 11.8. The SMILES string of the molecule is CNC.NNC(=O)c1cc(-c2ccc(-c3ccc(-c4cc(CNC=O)on4)cc3)cc2)nc2ccncc12. The lowest BCUT2D eigenvalue weighted by Gasteiger charge is -2.09. The molecule has 2 amide bonds. The Morgan fingerprint density at radius 3 is 2.13 bits per heavy atom. The molecule has 3 heterocycles. The molecule has 192 valence electrons. The van der Waals surface area contributed by atoms with Gasteiger partial charge < -0.3 is 15.2 Å². The van der Waals surface area contributed by atoms with Gasteiger partial charge in [-0.2, -0.15) is 0 Å². The fourth-order valence-electron chi connectivity index (χ4n) is 3.82. The summed E-state index contributed by atoms with van der Waals surface area (Å²) in [6.07, 6.45) is 3.86. The number of aromatic nitrogens is 3. The minimum absolute atomic E-state index is 0.294. The molecule has 10 heteroatoms. The van der Waals surface area contributed by atoms with Gasteiger partial charge in [0.15, 0.2) is 5.76 Å². The maximum atomic E-state index is 12.3. The molecule has 0 atom stereocenters. The number of amides is 2. The molecule has 2 aromatic carbocycles. The van der Waals surface area contributed by atoms with Crippen molar-refractivity contribution in [1.82, 2.24) is 31.2 Å². The molecule has 38 heavy (non-hydrogen) atoms. The number of hydrogen-bond donors (Lipinski definition) is 4. The van der Waals surface area contributed by atoms with Crippen molar-refractivity contribution < 1.29 is 14.1 Å². The van der Waals surface area contributed by atoms with Gasteiger partial charge in [0.1, 0.15) is 5.69 Å². The lowest BCUT2D eigenvalue weighted by molar-refractivity contribution is -0.109. The third kappa shape index (κ3) is 5.89. The summed E-state index contributed by atoms with van der Waals surface area (Å²) in [6.45, 7) is 0.294. The highest BCUT2D eigenvalue weighted by Crippen LogP contribution is 2.29. The van der Waals surface area contributed by atoms with Gasteiger partial charge in [0.05, 0.1) is 23.3 Å². The molecule has 5 rings (SSSR count). The summed E-state index contributed by atoms with van der Waals surface area (Å²) in [5.74, 6) is 5.55. The van der Waals surface area contributed by atoms with Crippen LogP contribution in [0.3, 0.4) is 0 Å². The Hall–Kier alpha value is -4.93. The fourth-order valence-corrected chi connectivity index (χ4v) is 3.82. The number of nitrogens with zero attached hydrogens (tertiary/aromatic N) is 3. The largest absolute Gasteiger partial charge is 0.359 e. The van der Waals surface area contributed by atoms with Crippen LogP contribution in [-0.2, 0) is 11.3 Å². The van der Waals surface area contributed by atoms with Gasteiger partial charge in [-0.1, -0.05) is 53.7 Å². The normalized spacial score (nSPS) is 10.4. The second kappa shape index (κ2) is 12.3. The second-order valence-electron chi connectivity index (χ2n) is 8.25. The topological polar surface area (TPSA) is 148 Å². The smallest absolute Gasteiger partial charge is 0.265 e. The molecule has 3 aromatic heterocycles. The van der Waals surface area contributed by atoms with Gasteiger partial charge in [0.2, 0.25) is 6.41 Å². The summed E-state index contributed by atoms with van der Waals surface area (Å²) in [7, 11) is 3.75. The molecule has 0 unspecified atom stereocenters. The Morgan fingerprint density at radius 2 is 1.53 bits per heavy atom. The van der Waals surface area contributed by atoms with E-state index in [-0.39, 0.29) is 0 Å². The van der Waals surface area contributed by atoms with Crippen LogP contribution in [0.4, 0.5) is 0 Å². The van der Waals surface area contributed by atoms with Crippen LogP contribution >= 0.6 is 0 Å². The quantitative estimate of drug-likeness (QED) is 0.113. The number of nitrogen functional groups attached to an aromatic ring is 1. The number of rotatable bonds is 7. The zero-order chi connectivity index (χ0) is 26.9. The van der Waals surface area contributed by atoms with Crippen molar-refractivity contribution in [3.63, 3.8) is 0 Å². The van der Waals surface area contributed by atoms with Gasteiger partial charge in [-0.05, 0) is 37.4 Å². The number of nitrogens with two attached hydrogens (primary N) is 1. The van der Waals surface area contributed by atoms with E-state index in [1.165, 1.54) is 0 Å². The minimum Gasteiger partial charge on any atom is -0.359 e. The molecule has 5 aromatic rings. The summed E-state index contributed by atoms with van der Waals surface area (Å²) in [5, 5.41) is 9.99. The molecule has 10 nitrogen and oxygen atoms in total. The lowest BCUT2D eigenvalue weighted by Crippen LogP contribution is -2.30. The van der Waals surface area contributed by atoms with Crippen molar-refractivity contribution in [2.45, 2.75) is 6.54 Å². The zero-order valence-electron chi connectivity index (χ0n) is 20.9. The molecule has 0 radical (unpaired) electrons. The fraction of sp³-hybridized carbons (Fsp3) is 0.107. The Kier molecular flexibility index (Phi) is 8.50. The summed E-state index contributed by atoms with van der Waals surface area (Å²) in [4.78, 5) is 31.5. The Bertz CT molecular complexity index is 1530. The van der Waals surface area contributed by atoms with E-state index in [0.717, 1.165) is 22.3 Å². The van der Waals surface area contributed by atoms with Gasteiger partial charge in [-0.3, -0.25) is 20.0 Å². The van der Waals surface area contributed by atoms with Crippen LogP contribution in [0.15, 0.2) is 83.6 Å². The van der Waals surface area contributed by atoms with E-state index in [1.54, 1.807) is 30.6 Å². The van der Waals surface area contributed by atoms with E-state index in [1.807, 2.05) is 62.6 Å². The van der Waals surface area contributed by atoms with Crippen molar-refractivity contribution in [2.24, 2.45) is 5.84 Å². The van der Waals surface area contributed by atoms with Crippen LogP contribution in [0, 0.1) is 0 Å². The number of nitrogens with one attached hydrogen (secondary N) is 3. The molecule has 0 bridgehead atoms. The van der Waals surface area contributed by atoms with Crippen LogP contribution in [0.5, 0.6) is 0 Å². The van der Waals surface area contributed by atoms with Gasteiger partial charge in [-0.25, -0.2) is 10.8 Å². The third-order valence-corrected chi connectivity index (χ3v) is 5.60. The number of carbonyl (C=O) groups is 2. The van der Waals surface area contributed by atoms with Crippen molar-refractivity contribution in [3.05, 3.63) is 90.4 Å². The average molecular weight is 510 g/mol. The maximum absolute atomic E-state index is 12.3. The van der Waals surface area contributed by atoms with Crippen LogP contribution < -0.4 is 21.9 Å². The highest BCUT2D eigenvalue weighted by Gasteiger charge is 2.14. The number of pyridine rings is 2. The van der Waals surface area contributed by atoms with Crippen LogP contribution in [-0.4, -0.2) is 41.5 Å². The molecular weight excluding hydrogens is 482 g/mol. The van der Waals surface area contributed by atoms with Crippen molar-refractivity contribution in [1.29, 1.82) is 0 Å². The number of hydrogen-bond acceptors (Lipinski definition) is 8. The summed E-state index contributed by atoms with van der Waals surface area (Å²) < 4.78 is 5.24. The van der Waals surface area contributed by atoms with Crippen LogP contribution in [0.25, 0.3) is 44.5 Å². The van der Waals surface area contributed by atoms with E-state index in [0.29, 0.717) is 46.6 Å². The minimum atomic E-state index is -0.400. The monoisotopic (exact) mass is 509 g/mol. The predicted molar refractivity (Wildman–Crippen MR) is 145 cm³/mol. The second-order valence-corrected chi connectivity index (χ2v) is 8.25.